The molecule has 2 amide bonds. The molecule has 1 aromatic carbocycles. The third-order valence-corrected chi connectivity index (χ3v) is 3.00. The van der Waals surface area contributed by atoms with Crippen molar-refractivity contribution in [1.29, 1.82) is 0 Å². The predicted octanol–water partition coefficient (Wildman–Crippen LogP) is 0.739. The summed E-state index contributed by atoms with van der Waals surface area (Å²) < 4.78 is 14.2. The van der Waals surface area contributed by atoms with Gasteiger partial charge in [-0.3, -0.25) is 14.9 Å². The van der Waals surface area contributed by atoms with Crippen molar-refractivity contribution in [3.63, 3.8) is 0 Å². The topological polar surface area (TPSA) is 125 Å². The lowest BCUT2D eigenvalue weighted by atomic mass is 10.2. The number of nitrogens with zero attached hydrogens (tertiary/aromatic N) is 2. The molecule has 1 saturated heterocycles. The first-order valence-electron chi connectivity index (χ1n) is 6.40. The molecule has 122 valence electrons. The van der Waals surface area contributed by atoms with Crippen LogP contribution in [0.25, 0.3) is 0 Å². The van der Waals surface area contributed by atoms with Crippen LogP contribution in [0.5, 0.6) is 5.75 Å². The summed E-state index contributed by atoms with van der Waals surface area (Å²) in [7, 11) is 1.26. The van der Waals surface area contributed by atoms with Crippen LogP contribution in [0.2, 0.25) is 0 Å². The van der Waals surface area contributed by atoms with Gasteiger partial charge in [0.2, 0.25) is 0 Å². The molecule has 1 fully saturated rings. The predicted molar refractivity (Wildman–Crippen MR) is 73.0 cm³/mol. The second-order valence-electron chi connectivity index (χ2n) is 4.38. The second-order valence-corrected chi connectivity index (χ2v) is 4.38. The molecular formula is C13H12N2O8. The molecule has 0 spiro atoms. The lowest BCUT2D eigenvalue weighted by Gasteiger charge is -2.11. The van der Waals surface area contributed by atoms with E-state index < -0.39 is 35.2 Å². The molecule has 23 heavy (non-hydrogen) atoms. The van der Waals surface area contributed by atoms with E-state index in [0.717, 1.165) is 11.0 Å². The van der Waals surface area contributed by atoms with Crippen molar-refractivity contribution in [3.05, 3.63) is 33.9 Å². The number of imide groups is 1. The van der Waals surface area contributed by atoms with Gasteiger partial charge in [-0.1, -0.05) is 0 Å². The number of esters is 1. The van der Waals surface area contributed by atoms with Crippen molar-refractivity contribution < 1.29 is 33.5 Å². The maximum atomic E-state index is 11.8. The first kappa shape index (κ1) is 16.2. The Morgan fingerprint density at radius 2 is 2.17 bits per heavy atom. The molecule has 2 rings (SSSR count). The minimum atomic E-state index is -0.934. The van der Waals surface area contributed by atoms with Gasteiger partial charge in [-0.15, -0.1) is 0 Å². The van der Waals surface area contributed by atoms with Crippen LogP contribution in [0.3, 0.4) is 0 Å². The molecule has 0 aromatic heterocycles. The van der Waals surface area contributed by atoms with Crippen LogP contribution in [-0.2, 0) is 14.3 Å². The second kappa shape index (κ2) is 6.73. The number of hydrogen-bond acceptors (Lipinski definition) is 8. The number of rotatable bonds is 5. The normalized spacial score (nSPS) is 13.4. The minimum absolute atomic E-state index is 0.0116. The average Bonchev–Trinajstić information content (AvgIpc) is 2.97. The Hall–Kier alpha value is -3.17. The highest BCUT2D eigenvalue weighted by atomic mass is 16.6. The molecule has 0 unspecified atom stereocenters. The van der Waals surface area contributed by atoms with E-state index in [1.54, 1.807) is 0 Å². The zero-order valence-corrected chi connectivity index (χ0v) is 12.0. The van der Waals surface area contributed by atoms with Gasteiger partial charge < -0.3 is 14.2 Å². The van der Waals surface area contributed by atoms with E-state index >= 15 is 0 Å². The van der Waals surface area contributed by atoms with Gasteiger partial charge in [0.05, 0.1) is 24.1 Å². The van der Waals surface area contributed by atoms with Crippen LogP contribution in [0, 0.1) is 10.1 Å². The molecule has 10 heteroatoms. The summed E-state index contributed by atoms with van der Waals surface area (Å²) in [5.41, 5.74) is -0.523. The van der Waals surface area contributed by atoms with E-state index in [4.69, 9.17) is 9.47 Å². The van der Waals surface area contributed by atoms with Crippen molar-refractivity contribution in [1.82, 2.24) is 4.90 Å². The number of carbonyl (C=O) groups excluding carboxylic acids is 3. The Morgan fingerprint density at radius 1 is 1.43 bits per heavy atom. The summed E-state index contributed by atoms with van der Waals surface area (Å²) in [6, 6.07) is 3.49. The van der Waals surface area contributed by atoms with E-state index in [9.17, 15) is 24.5 Å². The molecule has 0 aliphatic carbocycles. The fraction of sp³-hybridized carbons (Fsp3) is 0.308. The number of cyclic esters (lactones) is 1. The van der Waals surface area contributed by atoms with Crippen LogP contribution in [-0.4, -0.2) is 54.7 Å². The van der Waals surface area contributed by atoms with Gasteiger partial charge in [0, 0.05) is 6.07 Å². The number of ether oxygens (including phenoxy) is 3. The summed E-state index contributed by atoms with van der Waals surface area (Å²) in [6.07, 6.45) is -0.800. The zero-order chi connectivity index (χ0) is 17.0. The molecule has 1 aromatic rings. The maximum absolute atomic E-state index is 11.8. The van der Waals surface area contributed by atoms with E-state index in [1.165, 1.54) is 19.2 Å². The summed E-state index contributed by atoms with van der Waals surface area (Å²) in [6.45, 7) is -0.500. The molecule has 0 saturated carbocycles. The lowest BCUT2D eigenvalue weighted by Crippen LogP contribution is -2.35. The maximum Gasteiger partial charge on any atom is 0.416 e. The molecular weight excluding hydrogens is 312 g/mol. The van der Waals surface area contributed by atoms with E-state index in [1.807, 2.05) is 0 Å². The van der Waals surface area contributed by atoms with Crippen molar-refractivity contribution in [2.75, 3.05) is 26.9 Å². The Bertz CT molecular complexity index is 672. The molecule has 0 radical (unpaired) electrons. The molecule has 10 nitrogen and oxygen atoms in total. The summed E-state index contributed by atoms with van der Waals surface area (Å²) in [5.74, 6) is -1.68. The van der Waals surface area contributed by atoms with Gasteiger partial charge in [-0.2, -0.15) is 0 Å². The van der Waals surface area contributed by atoms with Gasteiger partial charge in [0.1, 0.15) is 6.61 Å². The van der Waals surface area contributed by atoms with Gasteiger partial charge in [0.15, 0.2) is 12.4 Å². The number of amides is 2. The van der Waals surface area contributed by atoms with Crippen LogP contribution < -0.4 is 4.74 Å². The average molecular weight is 324 g/mol. The van der Waals surface area contributed by atoms with Gasteiger partial charge in [-0.05, 0) is 12.1 Å². The van der Waals surface area contributed by atoms with Crippen LogP contribution in [0.1, 0.15) is 10.4 Å². The molecule has 0 atom stereocenters. The van der Waals surface area contributed by atoms with Crippen LogP contribution >= 0.6 is 0 Å². The van der Waals surface area contributed by atoms with Crippen molar-refractivity contribution >= 4 is 23.7 Å². The standard InChI is InChI=1S/C13H12N2O8/c1-21-10-3-2-8(6-9(10)15(19)20)12(17)23-7-11(16)14-4-5-22-13(14)18/h2-3,6H,4-5,7H2,1H3. The quantitative estimate of drug-likeness (QED) is 0.441. The van der Waals surface area contributed by atoms with E-state index in [0.29, 0.717) is 0 Å². The minimum Gasteiger partial charge on any atom is -0.490 e. The van der Waals surface area contributed by atoms with Gasteiger partial charge in [-0.25, -0.2) is 14.5 Å². The van der Waals surface area contributed by atoms with Gasteiger partial charge in [0.25, 0.3) is 5.91 Å². The third-order valence-electron chi connectivity index (χ3n) is 3.00. The Balaban J connectivity index is 2.03. The number of hydrogen-bond donors (Lipinski definition) is 0. The first-order chi connectivity index (χ1) is 10.9. The largest absolute Gasteiger partial charge is 0.490 e. The zero-order valence-electron chi connectivity index (χ0n) is 12.0. The van der Waals surface area contributed by atoms with Crippen molar-refractivity contribution in [3.8, 4) is 5.75 Å². The highest BCUT2D eigenvalue weighted by molar-refractivity contribution is 5.96. The van der Waals surface area contributed by atoms with Gasteiger partial charge >= 0.3 is 17.7 Å². The number of carbonyl (C=O) groups is 3. The molecule has 1 heterocycles. The monoisotopic (exact) mass is 324 g/mol. The van der Waals surface area contributed by atoms with Crippen LogP contribution in [0.15, 0.2) is 18.2 Å². The SMILES string of the molecule is COc1ccc(C(=O)OCC(=O)N2CCOC2=O)cc1[N+](=O)[O-]. The molecule has 1 aliphatic heterocycles. The highest BCUT2D eigenvalue weighted by Crippen LogP contribution is 2.27. The van der Waals surface area contributed by atoms with E-state index in [2.05, 4.69) is 4.74 Å². The summed E-state index contributed by atoms with van der Waals surface area (Å²) in [4.78, 5) is 45.7. The summed E-state index contributed by atoms with van der Waals surface area (Å²) in [5, 5.41) is 10.9. The fourth-order valence-corrected chi connectivity index (χ4v) is 1.87. The number of benzene rings is 1. The fourth-order valence-electron chi connectivity index (χ4n) is 1.87. The smallest absolute Gasteiger partial charge is 0.416 e. The first-order valence-corrected chi connectivity index (χ1v) is 6.40. The third kappa shape index (κ3) is 3.54. The number of methoxy groups -OCH3 is 1. The van der Waals surface area contributed by atoms with E-state index in [-0.39, 0.29) is 24.5 Å². The Morgan fingerprint density at radius 3 is 2.74 bits per heavy atom. The number of nitro groups is 1. The molecule has 1 aliphatic rings. The lowest BCUT2D eigenvalue weighted by molar-refractivity contribution is -0.385. The highest BCUT2D eigenvalue weighted by Gasteiger charge is 2.29. The van der Waals surface area contributed by atoms with Crippen molar-refractivity contribution in [2.45, 2.75) is 0 Å². The Labute approximate surface area is 129 Å². The number of nitro benzene ring substituents is 1. The van der Waals surface area contributed by atoms with Crippen LogP contribution in [0.4, 0.5) is 10.5 Å². The molecule has 0 N–H and O–H groups in total. The Kier molecular flexibility index (Phi) is 4.74. The molecule has 0 bridgehead atoms. The van der Waals surface area contributed by atoms with Crippen molar-refractivity contribution in [2.24, 2.45) is 0 Å². The summed E-state index contributed by atoms with van der Waals surface area (Å²) >= 11 is 0.